The topological polar surface area (TPSA) is 47.6 Å². The number of rotatable bonds is 3. The van der Waals surface area contributed by atoms with E-state index in [0.717, 1.165) is 33.8 Å². The SMILES string of the molecule is COc1ccc(-c2cccc3c2CNC3=O)c(OC)c1. The Hall–Kier alpha value is -2.49. The van der Waals surface area contributed by atoms with Crippen LogP contribution in [0.1, 0.15) is 15.9 Å². The zero-order valence-corrected chi connectivity index (χ0v) is 11.4. The third kappa shape index (κ3) is 1.90. The average molecular weight is 269 g/mol. The molecule has 0 spiro atoms. The molecule has 0 saturated heterocycles. The maximum Gasteiger partial charge on any atom is 0.251 e. The van der Waals surface area contributed by atoms with Gasteiger partial charge in [-0.25, -0.2) is 0 Å². The molecule has 1 N–H and O–H groups in total. The molecule has 0 atom stereocenters. The lowest BCUT2D eigenvalue weighted by molar-refractivity contribution is 0.0966. The fourth-order valence-electron chi connectivity index (χ4n) is 2.53. The van der Waals surface area contributed by atoms with E-state index in [1.807, 2.05) is 36.4 Å². The molecule has 1 heterocycles. The van der Waals surface area contributed by atoms with Crippen molar-refractivity contribution in [2.24, 2.45) is 0 Å². The highest BCUT2D eigenvalue weighted by molar-refractivity contribution is 6.00. The summed E-state index contributed by atoms with van der Waals surface area (Å²) in [6.07, 6.45) is 0. The Morgan fingerprint density at radius 3 is 2.55 bits per heavy atom. The van der Waals surface area contributed by atoms with Gasteiger partial charge in [-0.05, 0) is 29.3 Å². The van der Waals surface area contributed by atoms with Crippen molar-refractivity contribution in [3.63, 3.8) is 0 Å². The summed E-state index contributed by atoms with van der Waals surface area (Å²) in [6.45, 7) is 0.555. The van der Waals surface area contributed by atoms with Crippen LogP contribution in [0.4, 0.5) is 0 Å². The molecule has 1 aliphatic heterocycles. The minimum absolute atomic E-state index is 0.0191. The summed E-state index contributed by atoms with van der Waals surface area (Å²) in [5, 5.41) is 2.85. The summed E-state index contributed by atoms with van der Waals surface area (Å²) in [7, 11) is 3.25. The standard InChI is InChI=1S/C16H15NO3/c1-19-10-6-7-12(15(8-10)20-2)11-4-3-5-13-14(11)9-17-16(13)18/h3-8H,9H2,1-2H3,(H,17,18). The molecule has 4 heteroatoms. The number of carbonyl (C=O) groups is 1. The lowest BCUT2D eigenvalue weighted by Crippen LogP contribution is -2.12. The minimum Gasteiger partial charge on any atom is -0.497 e. The van der Waals surface area contributed by atoms with E-state index in [9.17, 15) is 4.79 Å². The summed E-state index contributed by atoms with van der Waals surface area (Å²) in [5.41, 5.74) is 3.73. The Labute approximate surface area is 117 Å². The van der Waals surface area contributed by atoms with Gasteiger partial charge in [-0.1, -0.05) is 12.1 Å². The second-order valence-corrected chi connectivity index (χ2v) is 4.58. The zero-order valence-electron chi connectivity index (χ0n) is 11.4. The van der Waals surface area contributed by atoms with Crippen LogP contribution in [0.3, 0.4) is 0 Å². The molecule has 0 unspecified atom stereocenters. The summed E-state index contributed by atoms with van der Waals surface area (Å²) in [4.78, 5) is 11.7. The summed E-state index contributed by atoms with van der Waals surface area (Å²) in [5.74, 6) is 1.46. The lowest BCUT2D eigenvalue weighted by atomic mass is 9.96. The number of fused-ring (bicyclic) bond motifs is 1. The van der Waals surface area contributed by atoms with Crippen LogP contribution in [0.15, 0.2) is 36.4 Å². The molecule has 3 rings (SSSR count). The molecule has 1 aliphatic rings. The van der Waals surface area contributed by atoms with Crippen molar-refractivity contribution in [3.8, 4) is 22.6 Å². The van der Waals surface area contributed by atoms with Crippen molar-refractivity contribution in [2.75, 3.05) is 14.2 Å². The molecular weight excluding hydrogens is 254 g/mol. The Kier molecular flexibility index (Phi) is 3.06. The molecule has 0 radical (unpaired) electrons. The van der Waals surface area contributed by atoms with Gasteiger partial charge in [-0.3, -0.25) is 4.79 Å². The first-order valence-corrected chi connectivity index (χ1v) is 6.37. The molecule has 0 aromatic heterocycles. The van der Waals surface area contributed by atoms with Crippen molar-refractivity contribution >= 4 is 5.91 Å². The minimum atomic E-state index is -0.0191. The van der Waals surface area contributed by atoms with Gasteiger partial charge >= 0.3 is 0 Å². The van der Waals surface area contributed by atoms with Crippen LogP contribution in [0.5, 0.6) is 11.5 Å². The number of hydrogen-bond acceptors (Lipinski definition) is 3. The van der Waals surface area contributed by atoms with Crippen LogP contribution >= 0.6 is 0 Å². The fourth-order valence-corrected chi connectivity index (χ4v) is 2.53. The summed E-state index contributed by atoms with van der Waals surface area (Å²) >= 11 is 0. The van der Waals surface area contributed by atoms with Crippen LogP contribution in [0.25, 0.3) is 11.1 Å². The Bertz CT molecular complexity index is 679. The average Bonchev–Trinajstić information content (AvgIpc) is 2.88. The van der Waals surface area contributed by atoms with E-state index in [4.69, 9.17) is 9.47 Å². The smallest absolute Gasteiger partial charge is 0.251 e. The van der Waals surface area contributed by atoms with E-state index >= 15 is 0 Å². The molecule has 0 bridgehead atoms. The predicted octanol–water partition coefficient (Wildman–Crippen LogP) is 2.61. The Balaban J connectivity index is 2.17. The van der Waals surface area contributed by atoms with E-state index in [2.05, 4.69) is 5.32 Å². The molecule has 0 fully saturated rings. The van der Waals surface area contributed by atoms with Crippen molar-refractivity contribution in [1.29, 1.82) is 0 Å². The molecule has 2 aromatic carbocycles. The highest BCUT2D eigenvalue weighted by Gasteiger charge is 2.23. The van der Waals surface area contributed by atoms with Crippen molar-refractivity contribution in [3.05, 3.63) is 47.5 Å². The number of amides is 1. The van der Waals surface area contributed by atoms with Crippen LogP contribution in [0.2, 0.25) is 0 Å². The molecule has 102 valence electrons. The fraction of sp³-hybridized carbons (Fsp3) is 0.188. The molecule has 20 heavy (non-hydrogen) atoms. The summed E-state index contributed by atoms with van der Waals surface area (Å²) < 4.78 is 10.7. The monoisotopic (exact) mass is 269 g/mol. The second-order valence-electron chi connectivity index (χ2n) is 4.58. The van der Waals surface area contributed by atoms with Crippen molar-refractivity contribution < 1.29 is 14.3 Å². The number of ether oxygens (including phenoxy) is 2. The highest BCUT2D eigenvalue weighted by Crippen LogP contribution is 2.37. The third-order valence-corrected chi connectivity index (χ3v) is 3.55. The highest BCUT2D eigenvalue weighted by atomic mass is 16.5. The van der Waals surface area contributed by atoms with E-state index in [0.29, 0.717) is 6.54 Å². The maximum atomic E-state index is 11.7. The predicted molar refractivity (Wildman–Crippen MR) is 76.2 cm³/mol. The van der Waals surface area contributed by atoms with Crippen LogP contribution in [-0.4, -0.2) is 20.1 Å². The van der Waals surface area contributed by atoms with Crippen molar-refractivity contribution in [2.45, 2.75) is 6.54 Å². The summed E-state index contributed by atoms with van der Waals surface area (Å²) in [6, 6.07) is 11.4. The second kappa shape index (κ2) is 4.89. The van der Waals surface area contributed by atoms with Gasteiger partial charge in [0.15, 0.2) is 0 Å². The largest absolute Gasteiger partial charge is 0.497 e. The Morgan fingerprint density at radius 2 is 1.80 bits per heavy atom. The van der Waals surface area contributed by atoms with Gasteiger partial charge in [0.25, 0.3) is 5.91 Å². The Morgan fingerprint density at radius 1 is 1.00 bits per heavy atom. The van der Waals surface area contributed by atoms with E-state index < -0.39 is 0 Å². The van der Waals surface area contributed by atoms with Gasteiger partial charge < -0.3 is 14.8 Å². The van der Waals surface area contributed by atoms with Gasteiger partial charge in [0.1, 0.15) is 11.5 Å². The zero-order chi connectivity index (χ0) is 14.1. The van der Waals surface area contributed by atoms with E-state index in [-0.39, 0.29) is 5.91 Å². The molecule has 1 amide bonds. The van der Waals surface area contributed by atoms with Gasteiger partial charge in [0, 0.05) is 23.7 Å². The molecular formula is C16H15NO3. The van der Waals surface area contributed by atoms with Gasteiger partial charge in [0.05, 0.1) is 14.2 Å². The van der Waals surface area contributed by atoms with Crippen LogP contribution in [0, 0.1) is 0 Å². The quantitative estimate of drug-likeness (QED) is 0.931. The maximum absolute atomic E-state index is 11.7. The first kappa shape index (κ1) is 12.5. The molecule has 0 saturated carbocycles. The molecule has 4 nitrogen and oxygen atoms in total. The molecule has 2 aromatic rings. The van der Waals surface area contributed by atoms with Crippen LogP contribution in [-0.2, 0) is 6.54 Å². The first-order chi connectivity index (χ1) is 9.74. The van der Waals surface area contributed by atoms with E-state index in [1.54, 1.807) is 14.2 Å². The number of methoxy groups -OCH3 is 2. The lowest BCUT2D eigenvalue weighted by Gasteiger charge is -2.13. The van der Waals surface area contributed by atoms with E-state index in [1.165, 1.54) is 0 Å². The third-order valence-electron chi connectivity index (χ3n) is 3.55. The first-order valence-electron chi connectivity index (χ1n) is 6.37. The number of nitrogens with one attached hydrogen (secondary N) is 1. The number of hydrogen-bond donors (Lipinski definition) is 1. The van der Waals surface area contributed by atoms with Crippen molar-refractivity contribution in [1.82, 2.24) is 5.32 Å². The molecule has 0 aliphatic carbocycles. The number of benzene rings is 2. The van der Waals surface area contributed by atoms with Crippen LogP contribution < -0.4 is 14.8 Å². The van der Waals surface area contributed by atoms with Gasteiger partial charge in [0.2, 0.25) is 0 Å². The normalized spacial score (nSPS) is 12.8. The number of carbonyl (C=O) groups excluding carboxylic acids is 1. The van der Waals surface area contributed by atoms with Gasteiger partial charge in [-0.2, -0.15) is 0 Å². The van der Waals surface area contributed by atoms with Gasteiger partial charge in [-0.15, -0.1) is 0 Å².